The van der Waals surface area contributed by atoms with Crippen LogP contribution in [0.1, 0.15) is 60.4 Å². The SMILES string of the molecule is COCCN(C(=O)c1ccc(C2CCCCC2)cc1)C1CCS(=O)(=O)C1. The van der Waals surface area contributed by atoms with E-state index in [0.717, 1.165) is 0 Å². The fourth-order valence-corrected chi connectivity index (χ4v) is 5.89. The molecule has 0 spiro atoms. The van der Waals surface area contributed by atoms with Crippen LogP contribution in [0.15, 0.2) is 24.3 Å². The Morgan fingerprint density at radius 2 is 1.81 bits per heavy atom. The van der Waals surface area contributed by atoms with E-state index in [4.69, 9.17) is 4.74 Å². The summed E-state index contributed by atoms with van der Waals surface area (Å²) in [6.45, 7) is 0.822. The van der Waals surface area contributed by atoms with Gasteiger partial charge in [0.2, 0.25) is 0 Å². The topological polar surface area (TPSA) is 63.7 Å². The van der Waals surface area contributed by atoms with Crippen molar-refractivity contribution in [2.75, 3.05) is 31.8 Å². The van der Waals surface area contributed by atoms with Crippen LogP contribution < -0.4 is 0 Å². The quantitative estimate of drug-likeness (QED) is 0.762. The van der Waals surface area contributed by atoms with Crippen molar-refractivity contribution in [3.05, 3.63) is 35.4 Å². The molecule has 0 N–H and O–H groups in total. The van der Waals surface area contributed by atoms with Crippen LogP contribution >= 0.6 is 0 Å². The van der Waals surface area contributed by atoms with Crippen molar-refractivity contribution in [1.29, 1.82) is 0 Å². The number of nitrogens with zero attached hydrogens (tertiary/aromatic N) is 1. The van der Waals surface area contributed by atoms with Gasteiger partial charge in [0.1, 0.15) is 0 Å². The van der Waals surface area contributed by atoms with E-state index in [9.17, 15) is 13.2 Å². The molecule has 5 nitrogen and oxygen atoms in total. The predicted octanol–water partition coefficient (Wildman–Crippen LogP) is 3.01. The first-order chi connectivity index (χ1) is 12.5. The van der Waals surface area contributed by atoms with Crippen LogP contribution in [0.5, 0.6) is 0 Å². The van der Waals surface area contributed by atoms with E-state index >= 15 is 0 Å². The van der Waals surface area contributed by atoms with Gasteiger partial charge < -0.3 is 9.64 Å². The van der Waals surface area contributed by atoms with Crippen LogP contribution in [0, 0.1) is 0 Å². The molecule has 0 radical (unpaired) electrons. The third-order valence-corrected chi connectivity index (χ3v) is 7.43. The van der Waals surface area contributed by atoms with Crippen LogP contribution in [0.4, 0.5) is 0 Å². The highest BCUT2D eigenvalue weighted by Crippen LogP contribution is 2.32. The number of ether oxygens (including phenoxy) is 1. The zero-order valence-electron chi connectivity index (χ0n) is 15.5. The number of carbonyl (C=O) groups is 1. The molecular formula is C20H29NO4S. The fourth-order valence-electron chi connectivity index (χ4n) is 4.16. The maximum absolute atomic E-state index is 13.0. The Kier molecular flexibility index (Phi) is 6.35. The summed E-state index contributed by atoms with van der Waals surface area (Å²) >= 11 is 0. The summed E-state index contributed by atoms with van der Waals surface area (Å²) in [5.74, 6) is 0.731. The van der Waals surface area contributed by atoms with Gasteiger partial charge in [0, 0.05) is 25.3 Å². The molecule has 1 aromatic carbocycles. The van der Waals surface area contributed by atoms with Gasteiger partial charge in [-0.05, 0) is 42.9 Å². The fraction of sp³-hybridized carbons (Fsp3) is 0.650. The summed E-state index contributed by atoms with van der Waals surface area (Å²) in [5.41, 5.74) is 1.94. The number of hydrogen-bond acceptors (Lipinski definition) is 4. The molecule has 1 unspecified atom stereocenters. The minimum absolute atomic E-state index is 0.0581. The van der Waals surface area contributed by atoms with Crippen LogP contribution in [-0.2, 0) is 14.6 Å². The van der Waals surface area contributed by atoms with Gasteiger partial charge in [0.25, 0.3) is 5.91 Å². The second kappa shape index (κ2) is 8.53. The summed E-state index contributed by atoms with van der Waals surface area (Å²) in [6, 6.07) is 7.69. The lowest BCUT2D eigenvalue weighted by molar-refractivity contribution is 0.0624. The van der Waals surface area contributed by atoms with Crippen molar-refractivity contribution in [2.24, 2.45) is 0 Å². The molecule has 0 aromatic heterocycles. The zero-order valence-corrected chi connectivity index (χ0v) is 16.3. The second-order valence-electron chi connectivity index (χ2n) is 7.51. The molecule has 0 bridgehead atoms. The smallest absolute Gasteiger partial charge is 0.254 e. The molecule has 2 aliphatic rings. The Bertz CT molecular complexity index is 708. The predicted molar refractivity (Wildman–Crippen MR) is 102 cm³/mol. The van der Waals surface area contributed by atoms with E-state index in [0.29, 0.717) is 31.1 Å². The molecule has 1 atom stereocenters. The van der Waals surface area contributed by atoms with Crippen LogP contribution in [0.3, 0.4) is 0 Å². The Balaban J connectivity index is 1.73. The van der Waals surface area contributed by atoms with Gasteiger partial charge in [-0.1, -0.05) is 31.4 Å². The molecule has 1 saturated heterocycles. The van der Waals surface area contributed by atoms with Gasteiger partial charge in [0.15, 0.2) is 9.84 Å². The molecule has 1 amide bonds. The van der Waals surface area contributed by atoms with E-state index in [-0.39, 0.29) is 23.5 Å². The highest BCUT2D eigenvalue weighted by molar-refractivity contribution is 7.91. The Morgan fingerprint density at radius 1 is 1.12 bits per heavy atom. The van der Waals surface area contributed by atoms with Crippen molar-refractivity contribution < 1.29 is 17.9 Å². The van der Waals surface area contributed by atoms with E-state index < -0.39 is 9.84 Å². The highest BCUT2D eigenvalue weighted by Gasteiger charge is 2.34. The van der Waals surface area contributed by atoms with Crippen molar-refractivity contribution in [3.8, 4) is 0 Å². The molecule has 6 heteroatoms. The summed E-state index contributed by atoms with van der Waals surface area (Å²) in [7, 11) is -1.45. The lowest BCUT2D eigenvalue weighted by Crippen LogP contribution is -2.43. The van der Waals surface area contributed by atoms with Crippen LogP contribution in [0.2, 0.25) is 0 Å². The standard InChI is InChI=1S/C20H29NO4S/c1-25-13-12-21(19-11-14-26(23,24)15-19)20(22)18-9-7-17(8-10-18)16-5-3-2-4-6-16/h7-10,16,19H,2-6,11-15H2,1H3. The largest absolute Gasteiger partial charge is 0.383 e. The Labute approximate surface area is 156 Å². The number of carbonyl (C=O) groups excluding carboxylic acids is 1. The molecular weight excluding hydrogens is 350 g/mol. The second-order valence-corrected chi connectivity index (χ2v) is 9.73. The summed E-state index contributed by atoms with van der Waals surface area (Å²) in [6.07, 6.45) is 6.86. The summed E-state index contributed by atoms with van der Waals surface area (Å²) in [4.78, 5) is 14.7. The number of amides is 1. The zero-order chi connectivity index (χ0) is 18.6. The van der Waals surface area contributed by atoms with Crippen molar-refractivity contribution in [3.63, 3.8) is 0 Å². The van der Waals surface area contributed by atoms with Crippen molar-refractivity contribution in [2.45, 2.75) is 50.5 Å². The first-order valence-electron chi connectivity index (χ1n) is 9.60. The lowest BCUT2D eigenvalue weighted by atomic mass is 9.84. The van der Waals surface area contributed by atoms with Gasteiger partial charge in [-0.2, -0.15) is 0 Å². The van der Waals surface area contributed by atoms with Crippen molar-refractivity contribution >= 4 is 15.7 Å². The molecule has 144 valence electrons. The molecule has 1 aromatic rings. The van der Waals surface area contributed by atoms with Gasteiger partial charge in [-0.25, -0.2) is 8.42 Å². The first kappa shape index (κ1) is 19.4. The Hall–Kier alpha value is -1.40. The van der Waals surface area contributed by atoms with Crippen LogP contribution in [-0.4, -0.2) is 57.0 Å². The molecule has 26 heavy (non-hydrogen) atoms. The number of rotatable bonds is 6. The maximum Gasteiger partial charge on any atom is 0.254 e. The van der Waals surface area contributed by atoms with Gasteiger partial charge in [-0.3, -0.25) is 4.79 Å². The third kappa shape index (κ3) is 4.65. The highest BCUT2D eigenvalue weighted by atomic mass is 32.2. The number of benzene rings is 1. The van der Waals surface area contributed by atoms with E-state index in [1.54, 1.807) is 12.0 Å². The molecule has 1 saturated carbocycles. The first-order valence-corrected chi connectivity index (χ1v) is 11.4. The third-order valence-electron chi connectivity index (χ3n) is 5.68. The number of hydrogen-bond donors (Lipinski definition) is 0. The number of sulfone groups is 1. The normalized spacial score (nSPS) is 23.0. The molecule has 3 rings (SSSR count). The minimum Gasteiger partial charge on any atom is -0.383 e. The molecule has 2 fully saturated rings. The number of methoxy groups -OCH3 is 1. The molecule has 1 heterocycles. The average molecular weight is 380 g/mol. The maximum atomic E-state index is 13.0. The van der Waals surface area contributed by atoms with E-state index in [1.165, 1.54) is 37.7 Å². The lowest BCUT2D eigenvalue weighted by Gasteiger charge is -2.28. The van der Waals surface area contributed by atoms with Crippen LogP contribution in [0.25, 0.3) is 0 Å². The summed E-state index contributed by atoms with van der Waals surface area (Å²) < 4.78 is 28.8. The van der Waals surface area contributed by atoms with E-state index in [1.807, 2.05) is 12.1 Å². The Morgan fingerprint density at radius 3 is 2.38 bits per heavy atom. The van der Waals surface area contributed by atoms with Gasteiger partial charge >= 0.3 is 0 Å². The molecule has 1 aliphatic carbocycles. The van der Waals surface area contributed by atoms with Gasteiger partial charge in [0.05, 0.1) is 18.1 Å². The minimum atomic E-state index is -3.04. The summed E-state index contributed by atoms with van der Waals surface area (Å²) in [5, 5.41) is 0. The molecule has 1 aliphatic heterocycles. The van der Waals surface area contributed by atoms with Gasteiger partial charge in [-0.15, -0.1) is 0 Å². The monoisotopic (exact) mass is 379 g/mol. The average Bonchev–Trinajstić information content (AvgIpc) is 3.02. The van der Waals surface area contributed by atoms with E-state index in [2.05, 4.69) is 12.1 Å². The van der Waals surface area contributed by atoms with Crippen molar-refractivity contribution in [1.82, 2.24) is 4.90 Å².